The van der Waals surface area contributed by atoms with Gasteiger partial charge < -0.3 is 9.69 Å². The number of rotatable bonds is 2. The van der Waals surface area contributed by atoms with E-state index in [-0.39, 0.29) is 17.2 Å². The Labute approximate surface area is 79.1 Å². The van der Waals surface area contributed by atoms with Crippen LogP contribution in [0.5, 0.6) is 0 Å². The Hall–Kier alpha value is -0.860. The molecule has 0 aliphatic carbocycles. The quantitative estimate of drug-likeness (QED) is 0.601. The fraction of sp³-hybridized carbons (Fsp3) is 0.800. The molecular formula is C10H17NO2. The molecule has 0 saturated carbocycles. The monoisotopic (exact) mass is 183 g/mol. The minimum Gasteiger partial charge on any atom is -0.341 e. The zero-order valence-corrected chi connectivity index (χ0v) is 8.54. The Morgan fingerprint density at radius 2 is 2.00 bits per heavy atom. The maximum absolute atomic E-state index is 11.5. The lowest BCUT2D eigenvalue weighted by Crippen LogP contribution is -2.51. The largest absolute Gasteiger partial charge is 0.341 e. The summed E-state index contributed by atoms with van der Waals surface area (Å²) in [5.41, 5.74) is 0.0450. The van der Waals surface area contributed by atoms with Crippen molar-refractivity contribution >= 4 is 12.2 Å². The molecule has 0 spiro atoms. The first-order chi connectivity index (χ1) is 5.92. The molecule has 0 aromatic rings. The van der Waals surface area contributed by atoms with Gasteiger partial charge in [-0.25, -0.2) is 0 Å². The van der Waals surface area contributed by atoms with E-state index >= 15 is 0 Å². The van der Waals surface area contributed by atoms with E-state index < -0.39 is 0 Å². The van der Waals surface area contributed by atoms with Gasteiger partial charge in [0, 0.05) is 25.4 Å². The SMILES string of the molecule is CC(C)(C)CC(=O)N1CC(C=O)C1. The summed E-state index contributed by atoms with van der Waals surface area (Å²) < 4.78 is 0. The van der Waals surface area contributed by atoms with Crippen LogP contribution in [-0.4, -0.2) is 30.2 Å². The zero-order valence-electron chi connectivity index (χ0n) is 8.54. The summed E-state index contributed by atoms with van der Waals surface area (Å²) in [6.07, 6.45) is 1.50. The van der Waals surface area contributed by atoms with Gasteiger partial charge in [-0.15, -0.1) is 0 Å². The van der Waals surface area contributed by atoms with Crippen LogP contribution in [0.2, 0.25) is 0 Å². The molecule has 1 saturated heterocycles. The maximum atomic E-state index is 11.5. The topological polar surface area (TPSA) is 37.4 Å². The van der Waals surface area contributed by atoms with Gasteiger partial charge in [0.1, 0.15) is 6.29 Å². The Balaban J connectivity index is 2.31. The van der Waals surface area contributed by atoms with E-state index in [4.69, 9.17) is 0 Å². The molecule has 0 aromatic carbocycles. The van der Waals surface area contributed by atoms with Crippen molar-refractivity contribution in [3.63, 3.8) is 0 Å². The third-order valence-corrected chi connectivity index (χ3v) is 2.14. The first kappa shape index (κ1) is 10.2. The zero-order chi connectivity index (χ0) is 10.1. The van der Waals surface area contributed by atoms with Crippen LogP contribution in [0.1, 0.15) is 27.2 Å². The van der Waals surface area contributed by atoms with Crippen molar-refractivity contribution in [2.24, 2.45) is 11.3 Å². The van der Waals surface area contributed by atoms with Crippen LogP contribution in [0.4, 0.5) is 0 Å². The smallest absolute Gasteiger partial charge is 0.223 e. The van der Waals surface area contributed by atoms with E-state index in [0.29, 0.717) is 19.5 Å². The normalized spacial score (nSPS) is 18.2. The standard InChI is InChI=1S/C10H17NO2/c1-10(2,3)4-9(13)11-5-8(6-11)7-12/h7-8H,4-6H2,1-3H3. The Morgan fingerprint density at radius 3 is 2.38 bits per heavy atom. The average molecular weight is 183 g/mol. The van der Waals surface area contributed by atoms with E-state index in [0.717, 1.165) is 6.29 Å². The predicted octanol–water partition coefficient (Wildman–Crippen LogP) is 1.08. The molecule has 74 valence electrons. The van der Waals surface area contributed by atoms with E-state index in [1.165, 1.54) is 0 Å². The van der Waals surface area contributed by atoms with E-state index in [1.807, 2.05) is 20.8 Å². The van der Waals surface area contributed by atoms with Crippen molar-refractivity contribution in [3.05, 3.63) is 0 Å². The molecule has 1 amide bonds. The Morgan fingerprint density at radius 1 is 1.46 bits per heavy atom. The van der Waals surface area contributed by atoms with Crippen LogP contribution in [0.3, 0.4) is 0 Å². The van der Waals surface area contributed by atoms with Gasteiger partial charge in [-0.2, -0.15) is 0 Å². The van der Waals surface area contributed by atoms with Gasteiger partial charge >= 0.3 is 0 Å². The highest BCUT2D eigenvalue weighted by Gasteiger charge is 2.31. The van der Waals surface area contributed by atoms with Gasteiger partial charge in [-0.1, -0.05) is 20.8 Å². The van der Waals surface area contributed by atoms with E-state index in [9.17, 15) is 9.59 Å². The van der Waals surface area contributed by atoms with Crippen molar-refractivity contribution in [3.8, 4) is 0 Å². The maximum Gasteiger partial charge on any atom is 0.223 e. The van der Waals surface area contributed by atoms with Gasteiger partial charge in [0.15, 0.2) is 0 Å². The van der Waals surface area contributed by atoms with Gasteiger partial charge in [0.05, 0.1) is 0 Å². The molecule has 0 bridgehead atoms. The summed E-state index contributed by atoms with van der Waals surface area (Å²) in [7, 11) is 0. The molecular weight excluding hydrogens is 166 g/mol. The molecule has 0 aromatic heterocycles. The second-order valence-electron chi connectivity index (χ2n) is 4.93. The number of hydrogen-bond acceptors (Lipinski definition) is 2. The molecule has 0 N–H and O–H groups in total. The Kier molecular flexibility index (Phi) is 2.74. The van der Waals surface area contributed by atoms with Crippen LogP contribution in [-0.2, 0) is 9.59 Å². The molecule has 0 radical (unpaired) electrons. The summed E-state index contributed by atoms with van der Waals surface area (Å²) in [5.74, 6) is 0.259. The van der Waals surface area contributed by atoms with Crippen molar-refractivity contribution < 1.29 is 9.59 Å². The van der Waals surface area contributed by atoms with Crippen molar-refractivity contribution in [1.82, 2.24) is 4.90 Å². The summed E-state index contributed by atoms with van der Waals surface area (Å²) in [6.45, 7) is 7.38. The van der Waals surface area contributed by atoms with Gasteiger partial charge in [0.25, 0.3) is 0 Å². The molecule has 3 heteroatoms. The van der Waals surface area contributed by atoms with Crippen molar-refractivity contribution in [2.45, 2.75) is 27.2 Å². The fourth-order valence-electron chi connectivity index (χ4n) is 1.37. The second-order valence-corrected chi connectivity index (χ2v) is 4.93. The highest BCUT2D eigenvalue weighted by molar-refractivity contribution is 5.79. The third-order valence-electron chi connectivity index (χ3n) is 2.14. The molecule has 13 heavy (non-hydrogen) atoms. The second kappa shape index (κ2) is 3.48. The number of carbonyl (C=O) groups is 2. The molecule has 1 aliphatic rings. The molecule has 1 fully saturated rings. The summed E-state index contributed by atoms with van der Waals surface area (Å²) >= 11 is 0. The lowest BCUT2D eigenvalue weighted by Gasteiger charge is -2.37. The molecule has 0 unspecified atom stereocenters. The van der Waals surface area contributed by atoms with Crippen molar-refractivity contribution in [1.29, 1.82) is 0 Å². The third kappa shape index (κ3) is 2.83. The lowest BCUT2D eigenvalue weighted by molar-refractivity contribution is -0.140. The number of aldehydes is 1. The minimum absolute atomic E-state index is 0.0450. The van der Waals surface area contributed by atoms with Crippen LogP contribution >= 0.6 is 0 Å². The van der Waals surface area contributed by atoms with Gasteiger partial charge in [0.2, 0.25) is 5.91 Å². The highest BCUT2D eigenvalue weighted by Crippen LogP contribution is 2.23. The minimum atomic E-state index is 0.0450. The molecule has 1 heterocycles. The van der Waals surface area contributed by atoms with Crippen molar-refractivity contribution in [2.75, 3.05) is 13.1 Å². The van der Waals surface area contributed by atoms with Crippen LogP contribution in [0.25, 0.3) is 0 Å². The number of amides is 1. The average Bonchev–Trinajstić information content (AvgIpc) is 1.79. The molecule has 1 rings (SSSR count). The summed E-state index contributed by atoms with van der Waals surface area (Å²) in [4.78, 5) is 23.6. The fourth-order valence-corrected chi connectivity index (χ4v) is 1.37. The summed E-state index contributed by atoms with van der Waals surface area (Å²) in [5, 5.41) is 0. The number of nitrogens with zero attached hydrogens (tertiary/aromatic N) is 1. The summed E-state index contributed by atoms with van der Waals surface area (Å²) in [6, 6.07) is 0. The van der Waals surface area contributed by atoms with Gasteiger partial charge in [-0.05, 0) is 5.41 Å². The van der Waals surface area contributed by atoms with Gasteiger partial charge in [-0.3, -0.25) is 4.79 Å². The molecule has 1 aliphatic heterocycles. The van der Waals surface area contributed by atoms with Crippen LogP contribution < -0.4 is 0 Å². The highest BCUT2D eigenvalue weighted by atomic mass is 16.2. The molecule has 0 atom stereocenters. The predicted molar refractivity (Wildman–Crippen MR) is 50.2 cm³/mol. The number of carbonyl (C=O) groups excluding carboxylic acids is 2. The lowest BCUT2D eigenvalue weighted by atomic mass is 9.90. The number of likely N-dealkylation sites (tertiary alicyclic amines) is 1. The first-order valence-electron chi connectivity index (χ1n) is 4.65. The van der Waals surface area contributed by atoms with E-state index in [1.54, 1.807) is 4.90 Å². The Bertz CT molecular complexity index is 211. The first-order valence-corrected chi connectivity index (χ1v) is 4.65. The van der Waals surface area contributed by atoms with E-state index in [2.05, 4.69) is 0 Å². The van der Waals surface area contributed by atoms with Crippen LogP contribution in [0.15, 0.2) is 0 Å². The van der Waals surface area contributed by atoms with Crippen LogP contribution in [0, 0.1) is 11.3 Å². The number of hydrogen-bond donors (Lipinski definition) is 0. The molecule has 3 nitrogen and oxygen atoms in total.